The summed E-state index contributed by atoms with van der Waals surface area (Å²) >= 11 is 0. The van der Waals surface area contributed by atoms with Crippen LogP contribution in [0.1, 0.15) is 42.3 Å². The Morgan fingerprint density at radius 2 is 2.11 bits per heavy atom. The summed E-state index contributed by atoms with van der Waals surface area (Å²) < 4.78 is 0. The summed E-state index contributed by atoms with van der Waals surface area (Å²) in [4.78, 5) is 12.8. The van der Waals surface area contributed by atoms with Crippen molar-refractivity contribution in [1.29, 1.82) is 5.26 Å². The van der Waals surface area contributed by atoms with E-state index in [1.807, 2.05) is 25.1 Å². The highest BCUT2D eigenvalue weighted by molar-refractivity contribution is 6.10. The quantitative estimate of drug-likeness (QED) is 0.880. The molecule has 1 fully saturated rings. The monoisotopic (exact) mass is 370 g/mol. The van der Waals surface area contributed by atoms with E-state index in [4.69, 9.17) is 5.10 Å². The number of H-pyrrole nitrogens is 1. The van der Waals surface area contributed by atoms with Gasteiger partial charge in [0.1, 0.15) is 5.92 Å². The molecule has 1 aromatic carbocycles. The normalized spacial score (nSPS) is 30.8. The fourth-order valence-electron chi connectivity index (χ4n) is 5.47. The maximum absolute atomic E-state index is 12.8. The van der Waals surface area contributed by atoms with Gasteiger partial charge in [0.15, 0.2) is 5.78 Å². The number of nitriles is 1. The summed E-state index contributed by atoms with van der Waals surface area (Å²) in [6, 6.07) is 12.5. The fraction of sp³-hybridized carbons (Fsp3) is 0.364. The van der Waals surface area contributed by atoms with Crippen LogP contribution in [0.25, 0.3) is 5.57 Å². The molecular weight excluding hydrogens is 350 g/mol. The molecule has 6 nitrogen and oxygen atoms in total. The molecule has 1 aliphatic heterocycles. The lowest BCUT2D eigenvalue weighted by molar-refractivity contribution is -0.131. The molecule has 5 rings (SSSR count). The minimum absolute atomic E-state index is 0.0719. The summed E-state index contributed by atoms with van der Waals surface area (Å²) in [6.07, 6.45) is 5.69. The number of ketones is 1. The van der Waals surface area contributed by atoms with E-state index in [1.165, 1.54) is 0 Å². The van der Waals surface area contributed by atoms with Gasteiger partial charge in [-0.3, -0.25) is 9.89 Å². The van der Waals surface area contributed by atoms with Gasteiger partial charge in [-0.15, -0.1) is 0 Å². The number of allylic oxidation sites excluding steroid dienone is 1. The average molecular weight is 370 g/mol. The second-order valence-electron chi connectivity index (χ2n) is 7.93. The van der Waals surface area contributed by atoms with E-state index in [1.54, 1.807) is 12.4 Å². The molecule has 2 heterocycles. The van der Waals surface area contributed by atoms with Crippen molar-refractivity contribution in [3.05, 3.63) is 59.0 Å². The zero-order chi connectivity index (χ0) is 19.3. The van der Waals surface area contributed by atoms with Crippen LogP contribution >= 0.6 is 0 Å². The number of nitrogens with zero attached hydrogens (tertiary/aromatic N) is 4. The smallest absolute Gasteiger partial charge is 0.153 e. The van der Waals surface area contributed by atoms with Gasteiger partial charge in [0.05, 0.1) is 29.9 Å². The molecular formula is C22H20N5O. The third kappa shape index (κ3) is 2.16. The number of fused-ring (bicyclic) bond motifs is 3. The number of carbonyl (C=O) groups is 1. The van der Waals surface area contributed by atoms with Crippen molar-refractivity contribution in [3.63, 3.8) is 0 Å². The standard InChI is InChI=1S/C22H20N5O/c1-13-18-8-7-17-19(15-11-24-25-12-15)26-27-21(17)22(18,9-14(10-23)20(13)28)16-5-3-2-4-6-16/h2-6,11-14,18H,7-9H2,1H3,(H,26,27)/t13-,14?,18-,22+/m0/s1. The zero-order valence-electron chi connectivity index (χ0n) is 15.6. The Hall–Kier alpha value is -3.20. The van der Waals surface area contributed by atoms with Gasteiger partial charge in [-0.1, -0.05) is 37.3 Å². The third-order valence-corrected chi connectivity index (χ3v) is 6.74. The number of rotatable bonds is 2. The second kappa shape index (κ2) is 6.16. The maximum Gasteiger partial charge on any atom is 0.153 e. The molecule has 2 aromatic rings. The molecule has 1 N–H and O–H groups in total. The first-order chi connectivity index (χ1) is 13.7. The van der Waals surface area contributed by atoms with Gasteiger partial charge in [0.2, 0.25) is 0 Å². The molecule has 6 heteroatoms. The molecule has 139 valence electrons. The predicted molar refractivity (Wildman–Crippen MR) is 104 cm³/mol. The number of Topliss-reactive ketones (excluding diaryl/α,β-unsaturated/α-hetero) is 1. The summed E-state index contributed by atoms with van der Waals surface area (Å²) in [7, 11) is 0. The van der Waals surface area contributed by atoms with E-state index in [2.05, 4.69) is 33.8 Å². The van der Waals surface area contributed by atoms with Crippen LogP contribution in [0.5, 0.6) is 0 Å². The number of hydrogen-bond acceptors (Lipinski definition) is 4. The Morgan fingerprint density at radius 1 is 1.29 bits per heavy atom. The maximum atomic E-state index is 12.8. The van der Waals surface area contributed by atoms with Crippen LogP contribution in [0.2, 0.25) is 0 Å². The highest BCUT2D eigenvalue weighted by Crippen LogP contribution is 2.56. The average Bonchev–Trinajstić information content (AvgIpc) is 3.40. The van der Waals surface area contributed by atoms with Crippen molar-refractivity contribution in [1.82, 2.24) is 15.6 Å². The number of benzene rings is 1. The van der Waals surface area contributed by atoms with E-state index in [9.17, 15) is 10.1 Å². The van der Waals surface area contributed by atoms with Crippen LogP contribution in [0.3, 0.4) is 0 Å². The van der Waals surface area contributed by atoms with E-state index < -0.39 is 11.3 Å². The van der Waals surface area contributed by atoms with E-state index in [0.717, 1.165) is 40.9 Å². The molecule has 3 aliphatic rings. The Labute approximate surface area is 163 Å². The SMILES string of the molecule is C[C@@H]1C(=O)C(C#N)C[C@]2(c3ccccc3)c3n[nH]c(C4=C[N]N=C4)c3CC[C@@H]12. The molecule has 1 unspecified atom stereocenters. The van der Waals surface area contributed by atoms with Crippen LogP contribution in [0.4, 0.5) is 0 Å². The Bertz CT molecular complexity index is 1040. The molecule has 2 aliphatic carbocycles. The lowest BCUT2D eigenvalue weighted by Crippen LogP contribution is -2.52. The zero-order valence-corrected chi connectivity index (χ0v) is 15.6. The second-order valence-corrected chi connectivity index (χ2v) is 7.93. The van der Waals surface area contributed by atoms with Crippen molar-refractivity contribution in [2.45, 2.75) is 31.6 Å². The predicted octanol–water partition coefficient (Wildman–Crippen LogP) is 2.95. The minimum Gasteiger partial charge on any atom is -0.298 e. The highest BCUT2D eigenvalue weighted by atomic mass is 16.1. The molecule has 4 atom stereocenters. The van der Waals surface area contributed by atoms with Crippen LogP contribution in [0, 0.1) is 29.1 Å². The topological polar surface area (TPSA) is 96.0 Å². The molecule has 28 heavy (non-hydrogen) atoms. The number of aromatic amines is 1. The largest absolute Gasteiger partial charge is 0.298 e. The third-order valence-electron chi connectivity index (χ3n) is 6.74. The number of hydrogen-bond donors (Lipinski definition) is 1. The lowest BCUT2D eigenvalue weighted by atomic mass is 9.51. The van der Waals surface area contributed by atoms with E-state index >= 15 is 0 Å². The van der Waals surface area contributed by atoms with Crippen molar-refractivity contribution < 1.29 is 4.79 Å². The van der Waals surface area contributed by atoms with Crippen LogP contribution < -0.4 is 5.43 Å². The minimum atomic E-state index is -0.611. The summed E-state index contributed by atoms with van der Waals surface area (Å²) in [5.41, 5.74) is 8.65. The van der Waals surface area contributed by atoms with Crippen LogP contribution in [-0.4, -0.2) is 22.2 Å². The molecule has 1 radical (unpaired) electrons. The Balaban J connectivity index is 1.75. The Kier molecular flexibility index (Phi) is 3.73. The van der Waals surface area contributed by atoms with Crippen molar-refractivity contribution in [3.8, 4) is 6.07 Å². The van der Waals surface area contributed by atoms with Crippen LogP contribution in [-0.2, 0) is 16.6 Å². The van der Waals surface area contributed by atoms with Gasteiger partial charge in [-0.2, -0.15) is 20.9 Å². The number of aromatic nitrogens is 2. The first kappa shape index (κ1) is 16.9. The summed E-state index contributed by atoms with van der Waals surface area (Å²) in [5, 5.41) is 21.6. The number of nitrogens with one attached hydrogen (secondary N) is 1. The van der Waals surface area contributed by atoms with Crippen LogP contribution in [0.15, 0.2) is 41.6 Å². The molecule has 0 spiro atoms. The lowest BCUT2D eigenvalue weighted by Gasteiger charge is -2.50. The van der Waals surface area contributed by atoms with E-state index in [-0.39, 0.29) is 17.6 Å². The van der Waals surface area contributed by atoms with Gasteiger partial charge in [-0.25, -0.2) is 0 Å². The number of carbonyl (C=O) groups excluding carboxylic acids is 1. The van der Waals surface area contributed by atoms with Crippen molar-refractivity contribution in [2.75, 3.05) is 0 Å². The van der Waals surface area contributed by atoms with Gasteiger partial charge in [-0.05, 0) is 30.7 Å². The Morgan fingerprint density at radius 3 is 2.82 bits per heavy atom. The molecule has 1 aromatic heterocycles. The van der Waals surface area contributed by atoms with Gasteiger partial charge in [0, 0.05) is 22.5 Å². The summed E-state index contributed by atoms with van der Waals surface area (Å²) in [5.74, 6) is -0.580. The highest BCUT2D eigenvalue weighted by Gasteiger charge is 2.57. The van der Waals surface area contributed by atoms with Crippen molar-refractivity contribution in [2.24, 2.45) is 22.9 Å². The van der Waals surface area contributed by atoms with E-state index in [0.29, 0.717) is 6.42 Å². The summed E-state index contributed by atoms with van der Waals surface area (Å²) in [6.45, 7) is 1.98. The molecule has 0 saturated heterocycles. The van der Waals surface area contributed by atoms with Crippen molar-refractivity contribution >= 4 is 17.6 Å². The van der Waals surface area contributed by atoms with Gasteiger partial charge < -0.3 is 0 Å². The molecule has 0 bridgehead atoms. The fourth-order valence-corrected chi connectivity index (χ4v) is 5.47. The molecule has 0 amide bonds. The van der Waals surface area contributed by atoms with Gasteiger partial charge >= 0.3 is 0 Å². The first-order valence-corrected chi connectivity index (χ1v) is 9.67. The van der Waals surface area contributed by atoms with Gasteiger partial charge in [0.25, 0.3) is 0 Å². The molecule has 1 saturated carbocycles. The first-order valence-electron chi connectivity index (χ1n) is 9.67.